The molecule has 3 saturated carbocycles. The molecule has 0 aliphatic heterocycles. The fourth-order valence-corrected chi connectivity index (χ4v) is 8.13. The molecule has 4 aliphatic carbocycles. The van der Waals surface area contributed by atoms with Gasteiger partial charge in [-0.2, -0.15) is 0 Å². The lowest BCUT2D eigenvalue weighted by Crippen LogP contribution is -2.50. The van der Waals surface area contributed by atoms with Crippen LogP contribution in [0.15, 0.2) is 23.8 Å². The van der Waals surface area contributed by atoms with Gasteiger partial charge in [0.05, 0.1) is 0 Å². The average Bonchev–Trinajstić information content (AvgIpc) is 2.95. The number of unbranched alkanes of at least 4 members (excludes halogenated alkanes) is 1. The molecule has 27 heavy (non-hydrogen) atoms. The second kappa shape index (κ2) is 7.38. The van der Waals surface area contributed by atoms with Crippen LogP contribution < -0.4 is 0 Å². The maximum absolute atomic E-state index is 4.66. The van der Waals surface area contributed by atoms with Crippen molar-refractivity contribution in [3.63, 3.8) is 0 Å². The lowest BCUT2D eigenvalue weighted by molar-refractivity contribution is -0.0246. The SMILES string of the molecule is C=C1C=C2CCCCC2(C)C2CCC3(C)C(CCCCC(C)C)CCC3C12. The molecule has 0 aromatic carbocycles. The van der Waals surface area contributed by atoms with Crippen molar-refractivity contribution in [3.05, 3.63) is 23.8 Å². The second-order valence-electron chi connectivity index (χ2n) is 11.6. The van der Waals surface area contributed by atoms with Gasteiger partial charge in [0.1, 0.15) is 0 Å². The minimum absolute atomic E-state index is 0.501. The summed E-state index contributed by atoms with van der Waals surface area (Å²) in [7, 11) is 0. The molecule has 0 aromatic heterocycles. The molecule has 0 heterocycles. The molecule has 0 spiro atoms. The highest BCUT2D eigenvalue weighted by molar-refractivity contribution is 5.37. The van der Waals surface area contributed by atoms with E-state index in [9.17, 15) is 0 Å². The lowest BCUT2D eigenvalue weighted by Gasteiger charge is -2.58. The van der Waals surface area contributed by atoms with Gasteiger partial charge in [-0.15, -0.1) is 0 Å². The van der Waals surface area contributed by atoms with Crippen LogP contribution >= 0.6 is 0 Å². The first-order valence-electron chi connectivity index (χ1n) is 12.3. The van der Waals surface area contributed by atoms with E-state index in [2.05, 4.69) is 40.3 Å². The largest absolute Gasteiger partial charge is 0.0955 e. The fraction of sp³-hybridized carbons (Fsp3) is 0.852. The molecular weight excluding hydrogens is 324 g/mol. The average molecular weight is 369 g/mol. The van der Waals surface area contributed by atoms with E-state index in [1.807, 2.05) is 0 Å². The molecule has 4 aliphatic rings. The van der Waals surface area contributed by atoms with Gasteiger partial charge in [-0.3, -0.25) is 0 Å². The molecule has 3 fully saturated rings. The van der Waals surface area contributed by atoms with Crippen LogP contribution in [-0.2, 0) is 0 Å². The molecule has 0 aromatic rings. The quantitative estimate of drug-likeness (QED) is 0.428. The second-order valence-corrected chi connectivity index (χ2v) is 11.6. The van der Waals surface area contributed by atoms with E-state index in [1.165, 1.54) is 82.6 Å². The number of fused-ring (bicyclic) bond motifs is 5. The van der Waals surface area contributed by atoms with Crippen molar-refractivity contribution in [1.29, 1.82) is 0 Å². The highest BCUT2D eigenvalue weighted by atomic mass is 14.6. The minimum Gasteiger partial charge on any atom is -0.0955 e. The molecule has 0 amide bonds. The van der Waals surface area contributed by atoms with Crippen molar-refractivity contribution in [1.82, 2.24) is 0 Å². The normalized spacial score (nSPS) is 43.9. The summed E-state index contributed by atoms with van der Waals surface area (Å²) in [6.45, 7) is 14.7. The zero-order chi connectivity index (χ0) is 19.2. The van der Waals surface area contributed by atoms with Crippen molar-refractivity contribution >= 4 is 0 Å². The van der Waals surface area contributed by atoms with E-state index in [0.29, 0.717) is 10.8 Å². The maximum atomic E-state index is 4.66. The summed E-state index contributed by atoms with van der Waals surface area (Å²) < 4.78 is 0. The number of allylic oxidation sites excluding steroid dienone is 3. The Labute approximate surface area is 169 Å². The fourth-order valence-electron chi connectivity index (χ4n) is 8.13. The van der Waals surface area contributed by atoms with Gasteiger partial charge in [0.15, 0.2) is 0 Å². The van der Waals surface area contributed by atoms with Crippen molar-refractivity contribution in [2.45, 2.75) is 105 Å². The molecule has 6 atom stereocenters. The zero-order valence-corrected chi connectivity index (χ0v) is 18.7. The van der Waals surface area contributed by atoms with Crippen LogP contribution in [-0.4, -0.2) is 0 Å². The van der Waals surface area contributed by atoms with Crippen LogP contribution in [0.25, 0.3) is 0 Å². The number of rotatable bonds is 5. The molecule has 0 nitrogen and oxygen atoms in total. The molecular formula is C27H44. The highest BCUT2D eigenvalue weighted by Crippen LogP contribution is 2.67. The Morgan fingerprint density at radius 1 is 1.04 bits per heavy atom. The summed E-state index contributed by atoms with van der Waals surface area (Å²) in [5.74, 6) is 4.44. The Morgan fingerprint density at radius 2 is 1.85 bits per heavy atom. The third kappa shape index (κ3) is 3.28. The third-order valence-electron chi connectivity index (χ3n) is 9.78. The third-order valence-corrected chi connectivity index (χ3v) is 9.78. The molecule has 0 heteroatoms. The van der Waals surface area contributed by atoms with Gasteiger partial charge in [0.25, 0.3) is 0 Å². The Morgan fingerprint density at radius 3 is 2.63 bits per heavy atom. The van der Waals surface area contributed by atoms with E-state index in [4.69, 9.17) is 0 Å². The van der Waals surface area contributed by atoms with Crippen molar-refractivity contribution < 1.29 is 0 Å². The summed E-state index contributed by atoms with van der Waals surface area (Å²) in [5, 5.41) is 0. The van der Waals surface area contributed by atoms with Crippen molar-refractivity contribution in [3.8, 4) is 0 Å². The van der Waals surface area contributed by atoms with E-state index >= 15 is 0 Å². The van der Waals surface area contributed by atoms with E-state index in [0.717, 1.165) is 29.6 Å². The number of hydrogen-bond acceptors (Lipinski definition) is 0. The predicted octanol–water partition coefficient (Wildman–Crippen LogP) is 8.34. The van der Waals surface area contributed by atoms with Crippen LogP contribution in [0.5, 0.6) is 0 Å². The van der Waals surface area contributed by atoms with Gasteiger partial charge in [-0.1, -0.05) is 77.2 Å². The molecule has 0 radical (unpaired) electrons. The van der Waals surface area contributed by atoms with Gasteiger partial charge < -0.3 is 0 Å². The van der Waals surface area contributed by atoms with Crippen LogP contribution in [0.1, 0.15) is 105 Å². The summed E-state index contributed by atoms with van der Waals surface area (Å²) in [6, 6.07) is 0. The molecule has 0 saturated heterocycles. The van der Waals surface area contributed by atoms with E-state index < -0.39 is 0 Å². The molecule has 6 unspecified atom stereocenters. The Balaban J connectivity index is 1.51. The van der Waals surface area contributed by atoms with Crippen molar-refractivity contribution in [2.75, 3.05) is 0 Å². The monoisotopic (exact) mass is 368 g/mol. The summed E-state index contributed by atoms with van der Waals surface area (Å²) in [5.41, 5.74) is 4.39. The van der Waals surface area contributed by atoms with Gasteiger partial charge in [-0.25, -0.2) is 0 Å². The maximum Gasteiger partial charge on any atom is -0.00790 e. The molecule has 0 bridgehead atoms. The smallest absolute Gasteiger partial charge is 0.00790 e. The van der Waals surface area contributed by atoms with Crippen LogP contribution in [0.2, 0.25) is 0 Å². The number of hydrogen-bond donors (Lipinski definition) is 0. The first kappa shape index (κ1) is 19.8. The zero-order valence-electron chi connectivity index (χ0n) is 18.7. The van der Waals surface area contributed by atoms with E-state index in [1.54, 1.807) is 5.57 Å². The molecule has 4 rings (SSSR count). The highest BCUT2D eigenvalue weighted by Gasteiger charge is 2.58. The first-order chi connectivity index (χ1) is 12.9. The first-order valence-corrected chi connectivity index (χ1v) is 12.3. The molecule has 152 valence electrons. The Kier molecular flexibility index (Phi) is 5.41. The van der Waals surface area contributed by atoms with Gasteiger partial charge in [0, 0.05) is 0 Å². The lowest BCUT2D eigenvalue weighted by atomic mass is 9.46. The van der Waals surface area contributed by atoms with Gasteiger partial charge in [-0.05, 0) is 91.8 Å². The summed E-state index contributed by atoms with van der Waals surface area (Å²) in [6.07, 6.45) is 20.0. The summed E-state index contributed by atoms with van der Waals surface area (Å²) in [4.78, 5) is 0. The van der Waals surface area contributed by atoms with Crippen molar-refractivity contribution in [2.24, 2.45) is 40.4 Å². The standard InChI is InChI=1S/C27H44/c1-19(2)10-6-7-11-21-13-14-23-25-20(3)18-22-12-8-9-16-26(22,4)24(25)15-17-27(21,23)5/h18-19,21,23-25H,3,6-17H2,1-2,4-5H3. The topological polar surface area (TPSA) is 0 Å². The van der Waals surface area contributed by atoms with E-state index in [-0.39, 0.29) is 0 Å². The van der Waals surface area contributed by atoms with Crippen LogP contribution in [0, 0.1) is 40.4 Å². The minimum atomic E-state index is 0.501. The summed E-state index contributed by atoms with van der Waals surface area (Å²) >= 11 is 0. The van der Waals surface area contributed by atoms with Crippen LogP contribution in [0.4, 0.5) is 0 Å². The van der Waals surface area contributed by atoms with Gasteiger partial charge in [0.2, 0.25) is 0 Å². The predicted molar refractivity (Wildman–Crippen MR) is 118 cm³/mol. The van der Waals surface area contributed by atoms with Crippen LogP contribution in [0.3, 0.4) is 0 Å². The molecule has 0 N–H and O–H groups in total. The Bertz CT molecular complexity index is 595. The van der Waals surface area contributed by atoms with Gasteiger partial charge >= 0.3 is 0 Å². The Hall–Kier alpha value is -0.520.